The molecular formula is C36H37ClN6O3S. The second kappa shape index (κ2) is 12.0. The van der Waals surface area contributed by atoms with Crippen molar-refractivity contribution in [2.75, 3.05) is 11.1 Å². The Labute approximate surface area is 279 Å². The highest BCUT2D eigenvalue weighted by atomic mass is 35.5. The van der Waals surface area contributed by atoms with Crippen molar-refractivity contribution in [2.24, 2.45) is 5.92 Å². The number of aromatic nitrogens is 3. The Morgan fingerprint density at radius 1 is 1.00 bits per heavy atom. The predicted octanol–water partition coefficient (Wildman–Crippen LogP) is 7.28. The Morgan fingerprint density at radius 3 is 2.47 bits per heavy atom. The van der Waals surface area contributed by atoms with Crippen molar-refractivity contribution >= 4 is 50.1 Å². The van der Waals surface area contributed by atoms with E-state index >= 15 is 0 Å². The number of hydrogen-bond acceptors (Lipinski definition) is 7. The Bertz CT molecular complexity index is 2070. The zero-order chi connectivity index (χ0) is 32.8. The summed E-state index contributed by atoms with van der Waals surface area (Å²) in [5.41, 5.74) is 7.94. The number of nitrogens with one attached hydrogen (secondary N) is 2. The lowest BCUT2D eigenvalue weighted by Gasteiger charge is -2.55. The standard InChI is InChI=1S/C36H37ClN6O3S/c1-2-24-19-35(41-33(44)25-13-15-26(38)16-14-25)17-8-18-36(20-24,23-35)42-34-39-21-30(37)32(40-34)29-22-43(31-12-7-6-11-28(29)31)47(45,46)27-9-4-3-5-10-27/h3-7,9-16,21-22,24H,2,8,17-20,23,38H2,1H3,(H,41,44)(H,39,40,42). The molecule has 2 aromatic heterocycles. The van der Waals surface area contributed by atoms with Crippen LogP contribution < -0.4 is 16.4 Å². The van der Waals surface area contributed by atoms with Gasteiger partial charge in [-0.2, -0.15) is 0 Å². The van der Waals surface area contributed by atoms with Gasteiger partial charge >= 0.3 is 0 Å². The molecule has 2 fully saturated rings. The molecule has 2 saturated carbocycles. The van der Waals surface area contributed by atoms with Crippen molar-refractivity contribution < 1.29 is 13.2 Å². The van der Waals surface area contributed by atoms with Crippen molar-refractivity contribution in [3.05, 3.63) is 102 Å². The van der Waals surface area contributed by atoms with Gasteiger partial charge in [-0.15, -0.1) is 0 Å². The molecule has 11 heteroatoms. The Balaban J connectivity index is 1.23. The number of carbonyl (C=O) groups is 1. The molecule has 242 valence electrons. The van der Waals surface area contributed by atoms with Crippen molar-refractivity contribution in [3.8, 4) is 11.3 Å². The zero-order valence-corrected chi connectivity index (χ0v) is 27.7. The molecule has 9 nitrogen and oxygen atoms in total. The fourth-order valence-electron chi connectivity index (χ4n) is 7.76. The molecule has 1 amide bonds. The molecule has 0 spiro atoms. The van der Waals surface area contributed by atoms with Crippen LogP contribution in [0, 0.1) is 5.92 Å². The average Bonchev–Trinajstić information content (AvgIpc) is 3.46. The molecule has 2 aliphatic carbocycles. The molecule has 0 aliphatic heterocycles. The van der Waals surface area contributed by atoms with Gasteiger partial charge in [0.1, 0.15) is 0 Å². The average molecular weight is 669 g/mol. The van der Waals surface area contributed by atoms with E-state index in [1.165, 1.54) is 3.97 Å². The summed E-state index contributed by atoms with van der Waals surface area (Å²) < 4.78 is 28.8. The third kappa shape index (κ3) is 5.85. The lowest BCUT2D eigenvalue weighted by atomic mass is 9.59. The van der Waals surface area contributed by atoms with Gasteiger partial charge in [-0.3, -0.25) is 4.79 Å². The van der Waals surface area contributed by atoms with Crippen LogP contribution in [-0.2, 0) is 10.0 Å². The van der Waals surface area contributed by atoms with Crippen LogP contribution in [0.15, 0.2) is 96.2 Å². The number of amides is 1. The molecule has 3 unspecified atom stereocenters. The van der Waals surface area contributed by atoms with Gasteiger partial charge in [-0.1, -0.05) is 61.3 Å². The number of para-hydroxylation sites is 1. The number of carbonyl (C=O) groups excluding carboxylic acids is 1. The Kier molecular flexibility index (Phi) is 7.96. The van der Waals surface area contributed by atoms with Crippen molar-refractivity contribution in [1.29, 1.82) is 0 Å². The first-order chi connectivity index (χ1) is 22.6. The maximum atomic E-state index is 13.7. The van der Waals surface area contributed by atoms with Gasteiger partial charge in [0.05, 0.1) is 27.3 Å². The summed E-state index contributed by atoms with van der Waals surface area (Å²) >= 11 is 6.74. The Hall–Kier alpha value is -4.41. The van der Waals surface area contributed by atoms with Crippen LogP contribution in [0.25, 0.3) is 22.2 Å². The summed E-state index contributed by atoms with van der Waals surface area (Å²) in [4.78, 5) is 23.1. The van der Waals surface area contributed by atoms with Crippen LogP contribution in [0.4, 0.5) is 11.6 Å². The van der Waals surface area contributed by atoms with Crippen LogP contribution in [0.1, 0.15) is 62.2 Å². The van der Waals surface area contributed by atoms with Gasteiger partial charge in [-0.25, -0.2) is 22.4 Å². The predicted molar refractivity (Wildman–Crippen MR) is 186 cm³/mol. The number of nitrogens with two attached hydrogens (primary N) is 1. The third-order valence-electron chi connectivity index (χ3n) is 9.83. The highest BCUT2D eigenvalue weighted by molar-refractivity contribution is 7.90. The van der Waals surface area contributed by atoms with E-state index in [1.807, 2.05) is 18.2 Å². The van der Waals surface area contributed by atoms with Gasteiger partial charge < -0.3 is 16.4 Å². The fourth-order valence-corrected chi connectivity index (χ4v) is 9.35. The lowest BCUT2D eigenvalue weighted by Crippen LogP contribution is -2.62. The van der Waals surface area contributed by atoms with E-state index in [4.69, 9.17) is 22.3 Å². The molecule has 5 aromatic rings. The van der Waals surface area contributed by atoms with Gasteiger partial charge in [0.25, 0.3) is 15.9 Å². The van der Waals surface area contributed by atoms with E-state index < -0.39 is 10.0 Å². The summed E-state index contributed by atoms with van der Waals surface area (Å²) in [6.07, 6.45) is 9.49. The molecule has 7 rings (SSSR count). The molecule has 2 aliphatic rings. The minimum absolute atomic E-state index is 0.0931. The molecule has 3 atom stereocenters. The number of nitrogen functional groups attached to an aromatic ring is 1. The lowest BCUT2D eigenvalue weighted by molar-refractivity contribution is 0.0542. The monoisotopic (exact) mass is 668 g/mol. The van der Waals surface area contributed by atoms with Crippen molar-refractivity contribution in [2.45, 2.75) is 67.8 Å². The minimum atomic E-state index is -3.89. The molecule has 2 heterocycles. The van der Waals surface area contributed by atoms with Gasteiger partial charge in [0.2, 0.25) is 5.95 Å². The number of anilines is 2. The van der Waals surface area contributed by atoms with Crippen LogP contribution in [-0.4, -0.2) is 39.3 Å². The topological polar surface area (TPSA) is 132 Å². The molecule has 4 N–H and O–H groups in total. The quantitative estimate of drug-likeness (QED) is 0.148. The number of rotatable bonds is 8. The molecule has 47 heavy (non-hydrogen) atoms. The van der Waals surface area contributed by atoms with Crippen molar-refractivity contribution in [3.63, 3.8) is 0 Å². The van der Waals surface area contributed by atoms with Crippen LogP contribution in [0.3, 0.4) is 0 Å². The number of halogens is 1. The largest absolute Gasteiger partial charge is 0.399 e. The Morgan fingerprint density at radius 2 is 1.70 bits per heavy atom. The first-order valence-corrected chi connectivity index (χ1v) is 17.8. The first kappa shape index (κ1) is 31.2. The molecule has 2 bridgehead atoms. The van der Waals surface area contributed by atoms with Gasteiger partial charge in [0, 0.05) is 39.5 Å². The molecule has 0 radical (unpaired) electrons. The smallest absolute Gasteiger partial charge is 0.268 e. The van der Waals surface area contributed by atoms with E-state index in [-0.39, 0.29) is 21.9 Å². The molecular weight excluding hydrogens is 632 g/mol. The second-order valence-corrected chi connectivity index (χ2v) is 15.3. The highest BCUT2D eigenvalue weighted by Crippen LogP contribution is 2.50. The summed E-state index contributed by atoms with van der Waals surface area (Å²) in [5.74, 6) is 0.727. The van der Waals surface area contributed by atoms with E-state index in [0.29, 0.717) is 50.3 Å². The number of hydrogen-bond donors (Lipinski definition) is 3. The van der Waals surface area contributed by atoms with Crippen LogP contribution >= 0.6 is 11.6 Å². The van der Waals surface area contributed by atoms with E-state index in [9.17, 15) is 13.2 Å². The van der Waals surface area contributed by atoms with E-state index in [2.05, 4.69) is 22.5 Å². The van der Waals surface area contributed by atoms with Crippen LogP contribution in [0.2, 0.25) is 5.02 Å². The first-order valence-electron chi connectivity index (χ1n) is 16.0. The normalized spacial score (nSPS) is 22.6. The fraction of sp³-hybridized carbons (Fsp3) is 0.306. The number of benzene rings is 3. The number of nitrogens with zero attached hydrogens (tertiary/aromatic N) is 3. The third-order valence-corrected chi connectivity index (χ3v) is 11.8. The summed E-state index contributed by atoms with van der Waals surface area (Å²) in [6, 6.07) is 22.7. The molecule has 3 aromatic carbocycles. The summed E-state index contributed by atoms with van der Waals surface area (Å²) in [5, 5.41) is 8.17. The summed E-state index contributed by atoms with van der Waals surface area (Å²) in [7, 11) is -3.89. The highest BCUT2D eigenvalue weighted by Gasteiger charge is 2.51. The number of fused-ring (bicyclic) bond motifs is 3. The maximum absolute atomic E-state index is 13.7. The minimum Gasteiger partial charge on any atom is -0.399 e. The van der Waals surface area contributed by atoms with Gasteiger partial charge in [0.15, 0.2) is 0 Å². The van der Waals surface area contributed by atoms with E-state index in [0.717, 1.165) is 44.9 Å². The van der Waals surface area contributed by atoms with Crippen LogP contribution in [0.5, 0.6) is 0 Å². The van der Waals surface area contributed by atoms with Gasteiger partial charge in [-0.05, 0) is 86.9 Å². The van der Waals surface area contributed by atoms with E-state index in [1.54, 1.807) is 73.1 Å². The summed E-state index contributed by atoms with van der Waals surface area (Å²) in [6.45, 7) is 2.20. The van der Waals surface area contributed by atoms with Crippen molar-refractivity contribution in [1.82, 2.24) is 19.3 Å². The molecule has 0 saturated heterocycles. The maximum Gasteiger partial charge on any atom is 0.268 e. The SMILES string of the molecule is CCC1CC2(NC(=O)c3ccc(N)cc3)CCCC(Nc3ncc(Cl)c(-c4cn(S(=O)(=O)c5ccccc5)c5ccccc45)n3)(C1)C2. The second-order valence-electron chi connectivity index (χ2n) is 13.0. The zero-order valence-electron chi connectivity index (χ0n) is 26.1.